The molecule has 0 unspecified atom stereocenters. The van der Waals surface area contributed by atoms with Crippen molar-refractivity contribution in [3.8, 4) is 0 Å². The minimum atomic E-state index is -0.133. The molecule has 0 amide bonds. The van der Waals surface area contributed by atoms with Crippen molar-refractivity contribution < 1.29 is 4.39 Å². The maximum absolute atomic E-state index is 13.0. The molecule has 0 bridgehead atoms. The van der Waals surface area contributed by atoms with Crippen molar-refractivity contribution in [2.45, 2.75) is 25.2 Å². The SMILES string of the molecule is C=CCN1CC[C@H](CN2CCC(c3ccc(F)cc3)CC2)C1.c1ccsc1. The molecule has 0 aliphatic carbocycles. The Morgan fingerprint density at radius 1 is 1.00 bits per heavy atom. The minimum Gasteiger partial charge on any atom is -0.303 e. The van der Waals surface area contributed by atoms with Crippen LogP contribution in [0.2, 0.25) is 0 Å². The van der Waals surface area contributed by atoms with Crippen molar-refractivity contribution in [2.75, 3.05) is 39.3 Å². The van der Waals surface area contributed by atoms with Crippen molar-refractivity contribution in [2.24, 2.45) is 5.92 Å². The monoisotopic (exact) mass is 386 g/mol. The predicted octanol–water partition coefficient (Wildman–Crippen LogP) is 5.26. The Balaban J connectivity index is 0.000000364. The summed E-state index contributed by atoms with van der Waals surface area (Å²) >= 11 is 1.71. The van der Waals surface area contributed by atoms with Crippen molar-refractivity contribution in [1.29, 1.82) is 0 Å². The Kier molecular flexibility index (Phi) is 8.06. The molecular weight excluding hydrogens is 355 g/mol. The number of hydrogen-bond donors (Lipinski definition) is 0. The highest BCUT2D eigenvalue weighted by molar-refractivity contribution is 7.07. The molecule has 3 heterocycles. The van der Waals surface area contributed by atoms with Crippen LogP contribution in [0, 0.1) is 11.7 Å². The second-order valence-electron chi connectivity index (χ2n) is 7.62. The summed E-state index contributed by atoms with van der Waals surface area (Å²) in [7, 11) is 0. The van der Waals surface area contributed by atoms with E-state index < -0.39 is 0 Å². The van der Waals surface area contributed by atoms with Crippen LogP contribution >= 0.6 is 11.3 Å². The molecule has 0 saturated carbocycles. The lowest BCUT2D eigenvalue weighted by molar-refractivity contribution is 0.182. The van der Waals surface area contributed by atoms with Crippen LogP contribution in [0.4, 0.5) is 4.39 Å². The number of halogens is 1. The zero-order valence-electron chi connectivity index (χ0n) is 16.1. The number of benzene rings is 1. The van der Waals surface area contributed by atoms with Gasteiger partial charge in [0, 0.05) is 19.6 Å². The smallest absolute Gasteiger partial charge is 0.123 e. The van der Waals surface area contributed by atoms with Crippen LogP contribution in [0.1, 0.15) is 30.7 Å². The fourth-order valence-electron chi connectivity index (χ4n) is 4.19. The minimum absolute atomic E-state index is 0.133. The lowest BCUT2D eigenvalue weighted by Crippen LogP contribution is -2.37. The zero-order chi connectivity index (χ0) is 18.9. The van der Waals surface area contributed by atoms with Gasteiger partial charge in [0.2, 0.25) is 0 Å². The first-order valence-electron chi connectivity index (χ1n) is 10.0. The summed E-state index contributed by atoms with van der Waals surface area (Å²) in [6.07, 6.45) is 5.74. The molecule has 0 N–H and O–H groups in total. The van der Waals surface area contributed by atoms with E-state index in [1.165, 1.54) is 57.5 Å². The molecule has 0 spiro atoms. The lowest BCUT2D eigenvalue weighted by atomic mass is 9.89. The largest absolute Gasteiger partial charge is 0.303 e. The summed E-state index contributed by atoms with van der Waals surface area (Å²) in [5.74, 6) is 1.30. The van der Waals surface area contributed by atoms with Crippen LogP contribution in [0.3, 0.4) is 0 Å². The maximum atomic E-state index is 13.0. The molecule has 1 aromatic carbocycles. The summed E-state index contributed by atoms with van der Waals surface area (Å²) in [6, 6.07) is 11.1. The maximum Gasteiger partial charge on any atom is 0.123 e. The van der Waals surface area contributed by atoms with E-state index in [0.717, 1.165) is 12.5 Å². The number of piperidine rings is 1. The molecule has 1 aromatic heterocycles. The number of rotatable bonds is 5. The van der Waals surface area contributed by atoms with Gasteiger partial charge in [-0.05, 0) is 79.2 Å². The zero-order valence-corrected chi connectivity index (χ0v) is 16.9. The average molecular weight is 387 g/mol. The van der Waals surface area contributed by atoms with Crippen LogP contribution in [0.5, 0.6) is 0 Å². The standard InChI is InChI=1S/C19H27FN2.C4H4S/c1-2-10-21-11-7-16(14-21)15-22-12-8-18(9-13-22)17-3-5-19(20)6-4-17;1-2-4-5-3-1/h2-6,16,18H,1,7-15H2;1-4H/t16-;/m0./s1. The van der Waals surface area contributed by atoms with Gasteiger partial charge in [0.05, 0.1) is 0 Å². The quantitative estimate of drug-likeness (QED) is 0.647. The number of likely N-dealkylation sites (tertiary alicyclic amines) is 2. The normalized spacial score (nSPS) is 21.6. The Hall–Kier alpha value is -1.49. The van der Waals surface area contributed by atoms with Crippen molar-refractivity contribution in [3.05, 3.63) is 71.2 Å². The Labute approximate surface area is 167 Å². The highest BCUT2D eigenvalue weighted by Crippen LogP contribution is 2.29. The van der Waals surface area contributed by atoms with Gasteiger partial charge < -0.3 is 4.90 Å². The highest BCUT2D eigenvalue weighted by atomic mass is 32.1. The van der Waals surface area contributed by atoms with E-state index in [2.05, 4.69) is 16.4 Å². The van der Waals surface area contributed by atoms with Gasteiger partial charge in [-0.25, -0.2) is 4.39 Å². The molecule has 146 valence electrons. The van der Waals surface area contributed by atoms with Crippen molar-refractivity contribution in [1.82, 2.24) is 9.80 Å². The molecule has 1 atom stereocenters. The summed E-state index contributed by atoms with van der Waals surface area (Å²) in [5.41, 5.74) is 1.30. The van der Waals surface area contributed by atoms with E-state index >= 15 is 0 Å². The molecule has 2 aliphatic heterocycles. The van der Waals surface area contributed by atoms with Crippen LogP contribution in [-0.4, -0.2) is 49.1 Å². The van der Waals surface area contributed by atoms with E-state index in [-0.39, 0.29) is 5.82 Å². The molecule has 0 radical (unpaired) electrons. The molecule has 2 nitrogen and oxygen atoms in total. The third-order valence-corrected chi connectivity index (χ3v) is 6.26. The Morgan fingerprint density at radius 3 is 2.26 bits per heavy atom. The Bertz CT molecular complexity index is 630. The van der Waals surface area contributed by atoms with Gasteiger partial charge in [0.15, 0.2) is 0 Å². The fourth-order valence-corrected chi connectivity index (χ4v) is 4.64. The number of nitrogens with zero attached hydrogens (tertiary/aromatic N) is 2. The molecule has 2 aliphatic rings. The predicted molar refractivity (Wildman–Crippen MR) is 114 cm³/mol. The third-order valence-electron chi connectivity index (χ3n) is 5.63. The molecular formula is C23H31FN2S. The van der Waals surface area contributed by atoms with E-state index in [9.17, 15) is 4.39 Å². The van der Waals surface area contributed by atoms with Crippen LogP contribution in [0.25, 0.3) is 0 Å². The van der Waals surface area contributed by atoms with Gasteiger partial charge in [0.1, 0.15) is 5.82 Å². The van der Waals surface area contributed by atoms with Gasteiger partial charge in [-0.3, -0.25) is 4.90 Å². The fraction of sp³-hybridized carbons (Fsp3) is 0.478. The highest BCUT2D eigenvalue weighted by Gasteiger charge is 2.26. The topological polar surface area (TPSA) is 6.48 Å². The molecule has 2 aromatic rings. The number of thiophene rings is 1. The Morgan fingerprint density at radius 2 is 1.67 bits per heavy atom. The van der Waals surface area contributed by atoms with Crippen LogP contribution < -0.4 is 0 Å². The van der Waals surface area contributed by atoms with Crippen LogP contribution in [0.15, 0.2) is 59.8 Å². The number of hydrogen-bond acceptors (Lipinski definition) is 3. The van der Waals surface area contributed by atoms with E-state index in [4.69, 9.17) is 0 Å². The first kappa shape index (κ1) is 20.2. The van der Waals surface area contributed by atoms with Gasteiger partial charge in [-0.1, -0.05) is 30.3 Å². The molecule has 4 rings (SSSR count). The molecule has 2 saturated heterocycles. The summed E-state index contributed by atoms with van der Waals surface area (Å²) in [4.78, 5) is 5.13. The van der Waals surface area contributed by atoms with Crippen molar-refractivity contribution >= 4 is 11.3 Å². The summed E-state index contributed by atoms with van der Waals surface area (Å²) in [5, 5.41) is 4.08. The molecule has 2 fully saturated rings. The average Bonchev–Trinajstić information content (AvgIpc) is 3.39. The van der Waals surface area contributed by atoms with Gasteiger partial charge in [-0.2, -0.15) is 11.3 Å². The molecule has 4 heteroatoms. The van der Waals surface area contributed by atoms with E-state index in [1.807, 2.05) is 41.1 Å². The third kappa shape index (κ3) is 6.56. The molecule has 27 heavy (non-hydrogen) atoms. The second-order valence-corrected chi connectivity index (χ2v) is 8.44. The second kappa shape index (κ2) is 10.7. The summed E-state index contributed by atoms with van der Waals surface area (Å²) in [6.45, 7) is 10.9. The van der Waals surface area contributed by atoms with E-state index in [1.54, 1.807) is 23.5 Å². The van der Waals surface area contributed by atoms with E-state index in [0.29, 0.717) is 5.92 Å². The summed E-state index contributed by atoms with van der Waals surface area (Å²) < 4.78 is 13.0. The first-order valence-corrected chi connectivity index (χ1v) is 11.0. The lowest BCUT2D eigenvalue weighted by Gasteiger charge is -2.33. The van der Waals surface area contributed by atoms with Gasteiger partial charge >= 0.3 is 0 Å². The van der Waals surface area contributed by atoms with Crippen molar-refractivity contribution in [3.63, 3.8) is 0 Å². The van der Waals surface area contributed by atoms with Crippen LogP contribution in [-0.2, 0) is 0 Å². The first-order chi connectivity index (χ1) is 13.2. The van der Waals surface area contributed by atoms with Gasteiger partial charge in [-0.15, -0.1) is 6.58 Å². The van der Waals surface area contributed by atoms with Gasteiger partial charge in [0.25, 0.3) is 0 Å².